The third-order valence-corrected chi connectivity index (χ3v) is 4.93. The lowest BCUT2D eigenvalue weighted by Gasteiger charge is -2.29. The van der Waals surface area contributed by atoms with Gasteiger partial charge >= 0.3 is 0 Å². The number of nitrogens with zero attached hydrogens (tertiary/aromatic N) is 2. The van der Waals surface area contributed by atoms with Gasteiger partial charge < -0.3 is 24.4 Å². The predicted molar refractivity (Wildman–Crippen MR) is 107 cm³/mol. The molecule has 1 fully saturated rings. The van der Waals surface area contributed by atoms with Gasteiger partial charge in [0, 0.05) is 19.3 Å². The molecule has 2 aromatic rings. The molecule has 1 saturated heterocycles. The average molecular weight is 385 g/mol. The first-order chi connectivity index (χ1) is 13.5. The fourth-order valence-electron chi connectivity index (χ4n) is 3.42. The number of nitrogens with one attached hydrogen (secondary N) is 1. The van der Waals surface area contributed by atoms with Gasteiger partial charge in [-0.1, -0.05) is 0 Å². The number of morpholine rings is 1. The lowest BCUT2D eigenvalue weighted by atomic mass is 10.0. The highest BCUT2D eigenvalue weighted by Gasteiger charge is 2.22. The van der Waals surface area contributed by atoms with Gasteiger partial charge in [0.25, 0.3) is 5.91 Å². The molecule has 1 atom stereocenters. The topological polar surface area (TPSA) is 72.9 Å². The summed E-state index contributed by atoms with van der Waals surface area (Å²) in [5, 5.41) is 3.09. The van der Waals surface area contributed by atoms with E-state index in [9.17, 15) is 4.79 Å². The van der Waals surface area contributed by atoms with Crippen LogP contribution in [0.4, 0.5) is 5.82 Å². The monoisotopic (exact) mass is 385 g/mol. The van der Waals surface area contributed by atoms with E-state index in [1.807, 2.05) is 26.0 Å². The first-order valence-corrected chi connectivity index (χ1v) is 9.36. The van der Waals surface area contributed by atoms with Crippen LogP contribution in [0.2, 0.25) is 0 Å². The van der Waals surface area contributed by atoms with Gasteiger partial charge in [-0.15, -0.1) is 0 Å². The van der Waals surface area contributed by atoms with Crippen LogP contribution in [-0.2, 0) is 4.74 Å². The zero-order valence-electron chi connectivity index (χ0n) is 16.8. The zero-order chi connectivity index (χ0) is 20.1. The molecule has 7 nitrogen and oxygen atoms in total. The molecule has 0 saturated carbocycles. The number of methoxy groups -OCH3 is 2. The van der Waals surface area contributed by atoms with E-state index < -0.39 is 0 Å². The Kier molecular flexibility index (Phi) is 6.36. The van der Waals surface area contributed by atoms with Gasteiger partial charge in [0.05, 0.1) is 39.0 Å². The Morgan fingerprint density at radius 2 is 1.89 bits per heavy atom. The van der Waals surface area contributed by atoms with Crippen LogP contribution < -0.4 is 19.7 Å². The molecule has 0 spiro atoms. The van der Waals surface area contributed by atoms with Gasteiger partial charge in [0.1, 0.15) is 5.82 Å². The molecule has 150 valence electrons. The number of aryl methyl sites for hydroxylation is 1. The molecule has 7 heteroatoms. The van der Waals surface area contributed by atoms with E-state index in [2.05, 4.69) is 15.2 Å². The van der Waals surface area contributed by atoms with Crippen LogP contribution in [0.5, 0.6) is 11.5 Å². The summed E-state index contributed by atoms with van der Waals surface area (Å²) < 4.78 is 16.2. The molecule has 1 aromatic heterocycles. The number of amides is 1. The summed E-state index contributed by atoms with van der Waals surface area (Å²) in [4.78, 5) is 19.5. The van der Waals surface area contributed by atoms with Crippen molar-refractivity contribution < 1.29 is 19.0 Å². The predicted octanol–water partition coefficient (Wildman–Crippen LogP) is 2.73. The molecular weight excluding hydrogens is 358 g/mol. The molecule has 1 aliphatic heterocycles. The van der Waals surface area contributed by atoms with Crippen molar-refractivity contribution in [3.8, 4) is 11.5 Å². The van der Waals surface area contributed by atoms with Gasteiger partial charge in [-0.3, -0.25) is 4.79 Å². The fourth-order valence-corrected chi connectivity index (χ4v) is 3.42. The largest absolute Gasteiger partial charge is 0.493 e. The third kappa shape index (κ3) is 4.20. The molecule has 1 amide bonds. The Balaban J connectivity index is 1.82. The Bertz CT molecular complexity index is 834. The molecule has 0 bridgehead atoms. The Morgan fingerprint density at radius 1 is 1.21 bits per heavy atom. The third-order valence-electron chi connectivity index (χ3n) is 4.93. The van der Waals surface area contributed by atoms with Gasteiger partial charge in [-0.25, -0.2) is 4.98 Å². The lowest BCUT2D eigenvalue weighted by molar-refractivity contribution is 0.0938. The Hall–Kier alpha value is -2.80. The zero-order valence-corrected chi connectivity index (χ0v) is 16.8. The second-order valence-corrected chi connectivity index (χ2v) is 6.73. The van der Waals surface area contributed by atoms with Crippen LogP contribution in [0.3, 0.4) is 0 Å². The minimum atomic E-state index is -0.204. The molecule has 1 aromatic carbocycles. The molecule has 3 rings (SSSR count). The number of rotatable bonds is 6. The minimum Gasteiger partial charge on any atom is -0.493 e. The van der Waals surface area contributed by atoms with Crippen LogP contribution in [0, 0.1) is 6.92 Å². The summed E-state index contributed by atoms with van der Waals surface area (Å²) in [7, 11) is 3.21. The molecule has 1 unspecified atom stereocenters. The number of pyridine rings is 1. The maximum absolute atomic E-state index is 13.0. The van der Waals surface area contributed by atoms with Crippen molar-refractivity contribution in [2.24, 2.45) is 0 Å². The van der Waals surface area contributed by atoms with Gasteiger partial charge in [-0.05, 0) is 49.2 Å². The lowest BCUT2D eigenvalue weighted by Crippen LogP contribution is -2.38. The Morgan fingerprint density at radius 3 is 2.57 bits per heavy atom. The maximum Gasteiger partial charge on any atom is 0.255 e. The summed E-state index contributed by atoms with van der Waals surface area (Å²) >= 11 is 0. The van der Waals surface area contributed by atoms with Crippen LogP contribution in [-0.4, -0.2) is 51.4 Å². The standard InChI is InChI=1S/C21H27N3O4/c1-14-12-18(26-3)19(27-4)13-17(14)15(2)23-21(25)16-6-5-7-22-20(16)24-8-10-28-11-9-24/h5-7,12-13,15H,8-11H2,1-4H3,(H,23,25). The summed E-state index contributed by atoms with van der Waals surface area (Å²) in [5.74, 6) is 1.85. The molecule has 28 heavy (non-hydrogen) atoms. The molecular formula is C21H27N3O4. The highest BCUT2D eigenvalue weighted by Crippen LogP contribution is 2.33. The summed E-state index contributed by atoms with van der Waals surface area (Å²) in [6.07, 6.45) is 1.71. The summed E-state index contributed by atoms with van der Waals surface area (Å²) in [6.45, 7) is 6.67. The summed E-state index contributed by atoms with van der Waals surface area (Å²) in [5.41, 5.74) is 2.56. The number of anilines is 1. The van der Waals surface area contributed by atoms with E-state index >= 15 is 0 Å². The molecule has 0 radical (unpaired) electrons. The molecule has 1 aliphatic rings. The van der Waals surface area contributed by atoms with Crippen molar-refractivity contribution in [3.05, 3.63) is 47.2 Å². The number of hydrogen-bond donors (Lipinski definition) is 1. The average Bonchev–Trinajstić information content (AvgIpc) is 2.73. The highest BCUT2D eigenvalue weighted by molar-refractivity contribution is 5.99. The van der Waals surface area contributed by atoms with E-state index in [4.69, 9.17) is 14.2 Å². The van der Waals surface area contributed by atoms with Crippen molar-refractivity contribution in [2.45, 2.75) is 19.9 Å². The number of aromatic nitrogens is 1. The van der Waals surface area contributed by atoms with E-state index in [0.717, 1.165) is 24.2 Å². The maximum atomic E-state index is 13.0. The normalized spacial score (nSPS) is 15.1. The van der Waals surface area contributed by atoms with E-state index in [0.29, 0.717) is 36.1 Å². The van der Waals surface area contributed by atoms with Crippen LogP contribution in [0.1, 0.15) is 34.5 Å². The number of ether oxygens (including phenoxy) is 3. The number of carbonyl (C=O) groups excluding carboxylic acids is 1. The van der Waals surface area contributed by atoms with Gasteiger partial charge in [0.2, 0.25) is 0 Å². The second kappa shape index (κ2) is 8.93. The van der Waals surface area contributed by atoms with Crippen molar-refractivity contribution in [2.75, 3.05) is 45.4 Å². The smallest absolute Gasteiger partial charge is 0.255 e. The van der Waals surface area contributed by atoms with Crippen molar-refractivity contribution in [3.63, 3.8) is 0 Å². The number of carbonyl (C=O) groups is 1. The highest BCUT2D eigenvalue weighted by atomic mass is 16.5. The van der Waals surface area contributed by atoms with Crippen LogP contribution >= 0.6 is 0 Å². The molecule has 1 N–H and O–H groups in total. The summed E-state index contributed by atoms with van der Waals surface area (Å²) in [6, 6.07) is 7.21. The van der Waals surface area contributed by atoms with E-state index in [-0.39, 0.29) is 11.9 Å². The minimum absolute atomic E-state index is 0.156. The van der Waals surface area contributed by atoms with Crippen molar-refractivity contribution in [1.82, 2.24) is 10.3 Å². The van der Waals surface area contributed by atoms with Crippen molar-refractivity contribution in [1.29, 1.82) is 0 Å². The number of hydrogen-bond acceptors (Lipinski definition) is 6. The van der Waals surface area contributed by atoms with Crippen LogP contribution in [0.25, 0.3) is 0 Å². The Labute approximate surface area is 165 Å². The second-order valence-electron chi connectivity index (χ2n) is 6.73. The quantitative estimate of drug-likeness (QED) is 0.824. The molecule has 2 heterocycles. The van der Waals surface area contributed by atoms with Gasteiger partial charge in [0.15, 0.2) is 11.5 Å². The van der Waals surface area contributed by atoms with E-state index in [1.54, 1.807) is 32.5 Å². The van der Waals surface area contributed by atoms with Crippen molar-refractivity contribution >= 4 is 11.7 Å². The van der Waals surface area contributed by atoms with Gasteiger partial charge in [-0.2, -0.15) is 0 Å². The first kappa shape index (κ1) is 19.9. The molecule has 0 aliphatic carbocycles. The number of benzene rings is 1. The first-order valence-electron chi connectivity index (χ1n) is 9.36. The van der Waals surface area contributed by atoms with Crippen LogP contribution in [0.15, 0.2) is 30.5 Å². The SMILES string of the molecule is COc1cc(C)c(C(C)NC(=O)c2cccnc2N2CCOCC2)cc1OC. The fraction of sp³-hybridized carbons (Fsp3) is 0.429. The van der Waals surface area contributed by atoms with E-state index in [1.165, 1.54) is 0 Å².